The summed E-state index contributed by atoms with van der Waals surface area (Å²) in [5.74, 6) is 14.7. The molecule has 2 aliphatic rings. The van der Waals surface area contributed by atoms with Gasteiger partial charge < -0.3 is 4.74 Å². The maximum atomic E-state index is 15.4. The van der Waals surface area contributed by atoms with Crippen LogP contribution < -0.4 is 4.74 Å². The van der Waals surface area contributed by atoms with Crippen molar-refractivity contribution in [3.05, 3.63) is 346 Å². The van der Waals surface area contributed by atoms with E-state index >= 15 is 4.79 Å². The number of carbonyl (C=O) groups excluding carboxylic acids is 2. The molecule has 0 saturated carbocycles. The third kappa shape index (κ3) is 9.85. The first-order chi connectivity index (χ1) is 38.0. The van der Waals surface area contributed by atoms with Gasteiger partial charge in [-0.1, -0.05) is 236 Å². The van der Waals surface area contributed by atoms with Crippen molar-refractivity contribution in [2.24, 2.45) is 0 Å². The summed E-state index contributed by atoms with van der Waals surface area (Å²) >= 11 is 0. The lowest BCUT2D eigenvalue weighted by atomic mass is 9.87. The molecule has 10 aromatic rings. The van der Waals surface area contributed by atoms with Gasteiger partial charge in [0.2, 0.25) is 0 Å². The van der Waals surface area contributed by atoms with Crippen molar-refractivity contribution in [1.82, 2.24) is 0 Å². The van der Waals surface area contributed by atoms with Crippen LogP contribution in [0.3, 0.4) is 0 Å². The monoisotopic (exact) mass is 982 g/mol. The SMILES string of the molecule is O=C1C(c2ccccc2)=C(c2ccccc2)C(c2ccc(Oc3ccc(C4=C(c5ccccc5)C(=O)C(c5ccccc5)=C4c4cc(C#Cc5ccccc5)cc(C#Cc5ccccc5)c4)cc3)cc2)=C1c1ccccc1. The Morgan fingerprint density at radius 1 is 0.208 bits per heavy atom. The smallest absolute Gasteiger partial charge is 0.195 e. The standard InChI is InChI=1S/C74H46O3/c75-73-69(56-28-14-4-15-29-56)65(55-26-12-3-13-27-55)66(70(73)57-30-16-5-17-31-57)60-40-44-63(45-41-60)77-64-46-42-61(43-47-64)67-68(72(59-34-20-7-21-35-59)74(76)71(67)58-32-18-6-19-33-58)62-49-53(38-36-51-22-8-1-9-23-51)48-54(50-62)39-37-52-24-10-2-11-25-52/h1-35,40-50H. The van der Waals surface area contributed by atoms with Crippen LogP contribution in [0.5, 0.6) is 11.5 Å². The molecule has 0 atom stereocenters. The lowest BCUT2D eigenvalue weighted by molar-refractivity contribution is -0.109. The van der Waals surface area contributed by atoms with Gasteiger partial charge in [0.05, 0.1) is 0 Å². The number of hydrogen-bond donors (Lipinski definition) is 0. The maximum Gasteiger partial charge on any atom is 0.195 e. The highest BCUT2D eigenvalue weighted by Crippen LogP contribution is 2.52. The molecule has 77 heavy (non-hydrogen) atoms. The number of benzene rings is 10. The summed E-state index contributed by atoms with van der Waals surface area (Å²) in [5.41, 5.74) is 16.1. The Bertz CT molecular complexity index is 4040. The molecule has 0 heterocycles. The number of ether oxygens (including phenoxy) is 1. The zero-order valence-electron chi connectivity index (χ0n) is 41.8. The number of hydrogen-bond acceptors (Lipinski definition) is 3. The van der Waals surface area contributed by atoms with Gasteiger partial charge in [-0.15, -0.1) is 0 Å². The Balaban J connectivity index is 0.952. The predicted molar refractivity (Wildman–Crippen MR) is 314 cm³/mol. The van der Waals surface area contributed by atoms with Gasteiger partial charge >= 0.3 is 0 Å². The zero-order chi connectivity index (χ0) is 51.9. The van der Waals surface area contributed by atoms with E-state index in [9.17, 15) is 4.79 Å². The first kappa shape index (κ1) is 47.4. The molecule has 0 saturated heterocycles. The Labute approximate surface area is 449 Å². The van der Waals surface area contributed by atoms with Crippen LogP contribution in [0.25, 0.3) is 44.6 Å². The number of carbonyl (C=O) groups is 2. The Hall–Kier alpha value is -10.6. The third-order valence-corrected chi connectivity index (χ3v) is 13.7. The van der Waals surface area contributed by atoms with Gasteiger partial charge in [-0.3, -0.25) is 9.59 Å². The highest BCUT2D eigenvalue weighted by molar-refractivity contribution is 6.60. The van der Waals surface area contributed by atoms with E-state index in [1.165, 1.54) is 0 Å². The molecule has 3 heteroatoms. The van der Waals surface area contributed by atoms with Crippen molar-refractivity contribution in [3.63, 3.8) is 0 Å². The fourth-order valence-electron chi connectivity index (χ4n) is 10.2. The van der Waals surface area contributed by atoms with Crippen molar-refractivity contribution < 1.29 is 14.3 Å². The van der Waals surface area contributed by atoms with Gasteiger partial charge in [0, 0.05) is 66.8 Å². The van der Waals surface area contributed by atoms with Crippen molar-refractivity contribution >= 4 is 56.2 Å². The van der Waals surface area contributed by atoms with Gasteiger partial charge in [0.15, 0.2) is 11.6 Å². The molecule has 0 spiro atoms. The first-order valence-corrected chi connectivity index (χ1v) is 25.6. The fourth-order valence-corrected chi connectivity index (χ4v) is 10.2. The van der Waals surface area contributed by atoms with Gasteiger partial charge in [-0.05, 0) is 111 Å². The van der Waals surface area contributed by atoms with Crippen LogP contribution in [0.15, 0.2) is 279 Å². The van der Waals surface area contributed by atoms with E-state index in [4.69, 9.17) is 4.74 Å². The summed E-state index contributed by atoms with van der Waals surface area (Å²) in [5, 5.41) is 0. The van der Waals surface area contributed by atoms with Crippen molar-refractivity contribution in [3.8, 4) is 35.2 Å². The van der Waals surface area contributed by atoms with E-state index < -0.39 is 0 Å². The molecule has 0 unspecified atom stereocenters. The quantitative estimate of drug-likeness (QED) is 0.128. The first-order valence-electron chi connectivity index (χ1n) is 25.6. The highest BCUT2D eigenvalue weighted by Gasteiger charge is 2.37. The van der Waals surface area contributed by atoms with Crippen LogP contribution in [0.2, 0.25) is 0 Å². The lowest BCUT2D eigenvalue weighted by Gasteiger charge is -2.16. The fraction of sp³-hybridized carbons (Fsp3) is 0. The molecule has 2 aliphatic carbocycles. The molecular weight excluding hydrogens is 937 g/mol. The van der Waals surface area contributed by atoms with Gasteiger partial charge in [-0.2, -0.15) is 0 Å². The summed E-state index contributed by atoms with van der Waals surface area (Å²) in [6, 6.07) is 91.8. The maximum absolute atomic E-state index is 15.4. The van der Waals surface area contributed by atoms with Crippen LogP contribution >= 0.6 is 0 Å². The topological polar surface area (TPSA) is 43.4 Å². The van der Waals surface area contributed by atoms with Crippen LogP contribution in [-0.2, 0) is 9.59 Å². The largest absolute Gasteiger partial charge is 0.457 e. The number of ketones is 2. The molecule has 0 aromatic heterocycles. The zero-order valence-corrected chi connectivity index (χ0v) is 41.8. The molecule has 360 valence electrons. The summed E-state index contributed by atoms with van der Waals surface area (Å²) in [6.45, 7) is 0. The lowest BCUT2D eigenvalue weighted by Crippen LogP contribution is -2.01. The van der Waals surface area contributed by atoms with Gasteiger partial charge in [0.25, 0.3) is 0 Å². The second-order valence-electron chi connectivity index (χ2n) is 18.7. The van der Waals surface area contributed by atoms with E-state index in [2.05, 4.69) is 47.9 Å². The minimum absolute atomic E-state index is 0.0123. The van der Waals surface area contributed by atoms with Crippen LogP contribution in [0.1, 0.15) is 66.8 Å². The molecule has 10 aromatic carbocycles. The van der Waals surface area contributed by atoms with Crippen molar-refractivity contribution in [2.75, 3.05) is 0 Å². The Kier molecular flexibility index (Phi) is 13.2. The third-order valence-electron chi connectivity index (χ3n) is 13.7. The van der Waals surface area contributed by atoms with E-state index in [0.29, 0.717) is 33.8 Å². The van der Waals surface area contributed by atoms with Crippen molar-refractivity contribution in [1.29, 1.82) is 0 Å². The minimum atomic E-state index is -0.0684. The molecule has 0 aliphatic heterocycles. The molecule has 12 rings (SSSR count). The second-order valence-corrected chi connectivity index (χ2v) is 18.7. The Morgan fingerprint density at radius 2 is 0.442 bits per heavy atom. The molecule has 0 bridgehead atoms. The van der Waals surface area contributed by atoms with E-state index in [1.54, 1.807) is 0 Å². The van der Waals surface area contributed by atoms with Gasteiger partial charge in [0.1, 0.15) is 11.5 Å². The Morgan fingerprint density at radius 3 is 0.740 bits per heavy atom. The molecule has 3 nitrogen and oxygen atoms in total. The average molecular weight is 983 g/mol. The summed E-state index contributed by atoms with van der Waals surface area (Å²) in [6.07, 6.45) is 0. The highest BCUT2D eigenvalue weighted by atomic mass is 16.5. The molecule has 0 fully saturated rings. The van der Waals surface area contributed by atoms with E-state index in [-0.39, 0.29) is 11.6 Å². The molecule has 0 radical (unpaired) electrons. The van der Waals surface area contributed by atoms with Crippen LogP contribution in [0.4, 0.5) is 0 Å². The normalized spacial score (nSPS) is 13.1. The van der Waals surface area contributed by atoms with E-state index in [0.717, 1.165) is 89.1 Å². The summed E-state index contributed by atoms with van der Waals surface area (Å²) < 4.78 is 6.62. The number of allylic oxidation sites excluding steroid dienone is 8. The van der Waals surface area contributed by atoms with Gasteiger partial charge in [-0.25, -0.2) is 0 Å². The average Bonchev–Trinajstić information content (AvgIpc) is 4.00. The minimum Gasteiger partial charge on any atom is -0.457 e. The molecular formula is C74H46O3. The summed E-state index contributed by atoms with van der Waals surface area (Å²) in [4.78, 5) is 30.2. The second kappa shape index (κ2) is 21.5. The number of rotatable bonds is 10. The molecule has 0 amide bonds. The van der Waals surface area contributed by atoms with Crippen LogP contribution in [-0.4, -0.2) is 11.6 Å². The van der Waals surface area contributed by atoms with Crippen molar-refractivity contribution in [2.45, 2.75) is 0 Å². The predicted octanol–water partition coefficient (Wildman–Crippen LogP) is 16.5. The van der Waals surface area contributed by atoms with E-state index in [1.807, 2.05) is 255 Å². The number of Topliss-reactive ketones (excluding diaryl/α,β-unsaturated/α-hetero) is 2. The van der Waals surface area contributed by atoms with Crippen LogP contribution in [0, 0.1) is 23.7 Å². The summed E-state index contributed by atoms with van der Waals surface area (Å²) in [7, 11) is 0. The molecule has 0 N–H and O–H groups in total.